The smallest absolute Gasteiger partial charge is 0.280 e. The molecule has 6 nitrogen and oxygen atoms in total. The topological polar surface area (TPSA) is 92.3 Å². The van der Waals surface area contributed by atoms with Gasteiger partial charge in [-0.15, -0.1) is 0 Å². The fraction of sp³-hybridized carbons (Fsp3) is 0.0526. The molecule has 31 heavy (non-hydrogen) atoms. The molecular weight excluding hydrogens is 473 g/mol. The van der Waals surface area contributed by atoms with Gasteiger partial charge in [0.1, 0.15) is 5.82 Å². The van der Waals surface area contributed by atoms with Crippen LogP contribution in [0.15, 0.2) is 87.5 Å². The molecule has 164 valence electrons. The number of alkyl halides is 2. The fourth-order valence-electron chi connectivity index (χ4n) is 2.49. The lowest BCUT2D eigenvalue weighted by Gasteiger charge is -2.12. The van der Waals surface area contributed by atoms with Crippen LogP contribution < -0.4 is 9.44 Å². The van der Waals surface area contributed by atoms with Crippen LogP contribution in [0.4, 0.5) is 24.5 Å². The highest BCUT2D eigenvalue weighted by Crippen LogP contribution is 2.27. The van der Waals surface area contributed by atoms with Crippen LogP contribution in [-0.4, -0.2) is 22.6 Å². The van der Waals surface area contributed by atoms with Crippen LogP contribution in [0, 0.1) is 5.82 Å². The lowest BCUT2D eigenvalue weighted by Crippen LogP contribution is -2.15. The molecule has 0 saturated carbocycles. The number of anilines is 2. The number of nitrogens with one attached hydrogen (secondary N) is 2. The van der Waals surface area contributed by atoms with Crippen LogP contribution in [-0.2, 0) is 20.0 Å². The summed E-state index contributed by atoms with van der Waals surface area (Å²) in [6, 6.07) is 14.7. The zero-order valence-corrected chi connectivity index (χ0v) is 17.9. The Morgan fingerprint density at radius 3 is 1.84 bits per heavy atom. The minimum absolute atomic E-state index is 0.0455. The normalized spacial score (nSPS) is 12.0. The molecule has 0 aliphatic heterocycles. The molecule has 0 heterocycles. The van der Waals surface area contributed by atoms with E-state index in [9.17, 15) is 30.0 Å². The molecule has 0 aromatic heterocycles. The molecule has 0 aliphatic rings. The Hall–Kier alpha value is -2.70. The molecule has 0 amide bonds. The lowest BCUT2D eigenvalue weighted by atomic mass is 10.3. The van der Waals surface area contributed by atoms with E-state index in [2.05, 4.69) is 9.44 Å². The number of hydrogen-bond donors (Lipinski definition) is 2. The summed E-state index contributed by atoms with van der Waals surface area (Å²) in [7, 11) is -8.24. The van der Waals surface area contributed by atoms with Gasteiger partial charge in [0.15, 0.2) is 0 Å². The van der Waals surface area contributed by atoms with Gasteiger partial charge in [0.25, 0.3) is 25.8 Å². The first-order chi connectivity index (χ1) is 14.5. The van der Waals surface area contributed by atoms with Crippen molar-refractivity contribution in [2.24, 2.45) is 0 Å². The minimum Gasteiger partial charge on any atom is -0.280 e. The Kier molecular flexibility index (Phi) is 6.82. The van der Waals surface area contributed by atoms with Gasteiger partial charge < -0.3 is 0 Å². The van der Waals surface area contributed by atoms with E-state index in [1.165, 1.54) is 54.6 Å². The largest absolute Gasteiger partial charge is 0.288 e. The molecular formula is C19H15F3N2O4S3. The van der Waals surface area contributed by atoms with Gasteiger partial charge >= 0.3 is 0 Å². The van der Waals surface area contributed by atoms with E-state index >= 15 is 0 Å². The average molecular weight is 489 g/mol. The number of halogens is 3. The molecule has 2 N–H and O–H groups in total. The zero-order chi connectivity index (χ0) is 22.6. The van der Waals surface area contributed by atoms with Gasteiger partial charge in [0.2, 0.25) is 0 Å². The van der Waals surface area contributed by atoms with Crippen molar-refractivity contribution in [3.8, 4) is 0 Å². The van der Waals surface area contributed by atoms with Crippen molar-refractivity contribution in [3.63, 3.8) is 0 Å². The summed E-state index contributed by atoms with van der Waals surface area (Å²) in [5.41, 5.74) is 0.0974. The van der Waals surface area contributed by atoms with E-state index in [0.29, 0.717) is 11.8 Å². The van der Waals surface area contributed by atoms with Gasteiger partial charge in [0.05, 0.1) is 15.5 Å². The second kappa shape index (κ2) is 9.20. The Bertz CT molecular complexity index is 1280. The third kappa shape index (κ3) is 6.15. The van der Waals surface area contributed by atoms with Crippen molar-refractivity contribution in [3.05, 3.63) is 78.6 Å². The predicted molar refractivity (Wildman–Crippen MR) is 113 cm³/mol. The zero-order valence-electron chi connectivity index (χ0n) is 15.5. The molecule has 3 rings (SSSR count). The van der Waals surface area contributed by atoms with Crippen LogP contribution in [0.3, 0.4) is 0 Å². The van der Waals surface area contributed by atoms with Crippen LogP contribution in [0.5, 0.6) is 0 Å². The van der Waals surface area contributed by atoms with E-state index < -0.39 is 31.6 Å². The summed E-state index contributed by atoms with van der Waals surface area (Å²) in [6.45, 7) is 0. The first kappa shape index (κ1) is 23.0. The Labute approximate surface area is 181 Å². The summed E-state index contributed by atoms with van der Waals surface area (Å²) < 4.78 is 92.7. The predicted octanol–water partition coefficient (Wildman–Crippen LogP) is 4.74. The summed E-state index contributed by atoms with van der Waals surface area (Å²) in [5.74, 6) is -3.33. The van der Waals surface area contributed by atoms with Gasteiger partial charge in [-0.2, -0.15) is 8.78 Å². The van der Waals surface area contributed by atoms with Crippen molar-refractivity contribution in [1.29, 1.82) is 0 Å². The first-order valence-electron chi connectivity index (χ1n) is 8.51. The fourth-order valence-corrected chi connectivity index (χ4v) is 5.18. The van der Waals surface area contributed by atoms with Crippen molar-refractivity contribution >= 4 is 43.2 Å². The third-order valence-corrected chi connectivity index (χ3v) is 7.32. The van der Waals surface area contributed by atoms with Gasteiger partial charge in [-0.05, 0) is 60.7 Å². The molecule has 0 radical (unpaired) electrons. The van der Waals surface area contributed by atoms with E-state index in [-0.39, 0.29) is 26.1 Å². The lowest BCUT2D eigenvalue weighted by molar-refractivity contribution is 0.252. The number of rotatable bonds is 8. The number of benzene rings is 3. The van der Waals surface area contributed by atoms with Crippen LogP contribution >= 0.6 is 11.8 Å². The quantitative estimate of drug-likeness (QED) is 0.447. The van der Waals surface area contributed by atoms with Gasteiger partial charge in [-0.25, -0.2) is 21.2 Å². The highest BCUT2D eigenvalue weighted by molar-refractivity contribution is 7.99. The van der Waals surface area contributed by atoms with E-state index in [1.807, 2.05) is 0 Å². The molecule has 3 aromatic carbocycles. The highest BCUT2D eigenvalue weighted by Gasteiger charge is 2.18. The van der Waals surface area contributed by atoms with Crippen molar-refractivity contribution < 1.29 is 30.0 Å². The van der Waals surface area contributed by atoms with Gasteiger partial charge in [-0.1, -0.05) is 23.9 Å². The van der Waals surface area contributed by atoms with Gasteiger partial charge in [-0.3, -0.25) is 9.44 Å². The Morgan fingerprint density at radius 2 is 1.26 bits per heavy atom. The highest BCUT2D eigenvalue weighted by atomic mass is 32.2. The molecule has 0 bridgehead atoms. The second-order valence-corrected chi connectivity index (χ2v) is 10.5. The van der Waals surface area contributed by atoms with Crippen molar-refractivity contribution in [2.75, 3.05) is 9.44 Å². The number of thioether (sulfide) groups is 1. The third-order valence-electron chi connectivity index (χ3n) is 3.83. The maximum Gasteiger partial charge on any atom is 0.288 e. The molecule has 12 heteroatoms. The maximum absolute atomic E-state index is 13.3. The van der Waals surface area contributed by atoms with Crippen LogP contribution in [0.2, 0.25) is 0 Å². The number of hydrogen-bond acceptors (Lipinski definition) is 5. The second-order valence-electron chi connectivity index (χ2n) is 6.10. The molecule has 0 fully saturated rings. The van der Waals surface area contributed by atoms with E-state index in [1.54, 1.807) is 0 Å². The Balaban J connectivity index is 1.80. The summed E-state index contributed by atoms with van der Waals surface area (Å²) in [5, 5.41) is 0. The monoisotopic (exact) mass is 488 g/mol. The Morgan fingerprint density at radius 1 is 0.710 bits per heavy atom. The molecule has 0 spiro atoms. The average Bonchev–Trinajstić information content (AvgIpc) is 2.69. The molecule has 0 aliphatic carbocycles. The maximum atomic E-state index is 13.3. The SMILES string of the molecule is O=S(=O)(Nc1cccc(S(=O)(=O)Nc2ccc(SC(F)F)cc2)c1)c1cccc(F)c1. The minimum atomic E-state index is -4.14. The summed E-state index contributed by atoms with van der Waals surface area (Å²) >= 11 is 0.329. The standard InChI is InChI=1S/C19H15F3N2O4S3/c20-13-3-1-5-17(11-13)30(25,26)24-15-4-2-6-18(12-15)31(27,28)23-14-7-9-16(10-8-14)29-19(21)22/h1-12,19,23-24H. The molecule has 3 aromatic rings. The summed E-state index contributed by atoms with van der Waals surface area (Å²) in [4.78, 5) is -0.287. The van der Waals surface area contributed by atoms with Crippen molar-refractivity contribution in [2.45, 2.75) is 20.4 Å². The molecule has 0 atom stereocenters. The first-order valence-corrected chi connectivity index (χ1v) is 12.4. The number of sulfonamides is 2. The summed E-state index contributed by atoms with van der Waals surface area (Å²) in [6.07, 6.45) is 0. The van der Waals surface area contributed by atoms with Crippen LogP contribution in [0.1, 0.15) is 0 Å². The van der Waals surface area contributed by atoms with Crippen molar-refractivity contribution in [1.82, 2.24) is 0 Å². The molecule has 0 unspecified atom stereocenters. The molecule has 0 saturated heterocycles. The van der Waals surface area contributed by atoms with E-state index in [4.69, 9.17) is 0 Å². The van der Waals surface area contributed by atoms with Gasteiger partial charge in [0, 0.05) is 10.6 Å². The van der Waals surface area contributed by atoms with Crippen LogP contribution in [0.25, 0.3) is 0 Å². The van der Waals surface area contributed by atoms with E-state index in [0.717, 1.165) is 18.2 Å².